The third-order valence-electron chi connectivity index (χ3n) is 4.91. The van der Waals surface area contributed by atoms with Gasteiger partial charge in [0, 0.05) is 48.6 Å². The number of aromatic nitrogens is 2. The number of halogens is 1. The predicted octanol–water partition coefficient (Wildman–Crippen LogP) is 3.41. The summed E-state index contributed by atoms with van der Waals surface area (Å²) in [4.78, 5) is 7.07. The molecule has 0 saturated carbocycles. The van der Waals surface area contributed by atoms with Crippen LogP contribution in [0.5, 0.6) is 5.75 Å². The van der Waals surface area contributed by atoms with Crippen LogP contribution in [0.4, 0.5) is 5.13 Å². The second-order valence-electron chi connectivity index (χ2n) is 6.87. The molecule has 30 heavy (non-hydrogen) atoms. The summed E-state index contributed by atoms with van der Waals surface area (Å²) in [5, 5.41) is 0.827. The molecule has 2 aromatic carbocycles. The Morgan fingerprint density at radius 1 is 1.10 bits per heavy atom. The number of nitrogens with zero attached hydrogens (tertiary/aromatic N) is 4. The Morgan fingerprint density at radius 2 is 1.83 bits per heavy atom. The van der Waals surface area contributed by atoms with Gasteiger partial charge in [0.25, 0.3) is 0 Å². The smallest absolute Gasteiger partial charge is 0.243 e. The minimum absolute atomic E-state index is 0.315. The minimum Gasteiger partial charge on any atom is -0.497 e. The standard InChI is InChI=1S/C20H21BrN4O3S2/c1-28-17-4-2-3-15(13-17)14-19-22-20(29-23-19)24-9-11-25(12-10-24)30(26,27)18-7-5-16(21)6-8-18/h2-8,13H,9-12,14H2,1H3. The summed E-state index contributed by atoms with van der Waals surface area (Å²) in [6, 6.07) is 14.6. The van der Waals surface area contributed by atoms with Gasteiger partial charge in [-0.1, -0.05) is 28.1 Å². The number of rotatable bonds is 6. The van der Waals surface area contributed by atoms with Crippen LogP contribution in [0, 0.1) is 0 Å². The maximum absolute atomic E-state index is 12.9. The van der Waals surface area contributed by atoms with Gasteiger partial charge in [0.15, 0.2) is 0 Å². The highest BCUT2D eigenvalue weighted by Gasteiger charge is 2.29. The van der Waals surface area contributed by atoms with Crippen molar-refractivity contribution in [2.75, 3.05) is 38.2 Å². The summed E-state index contributed by atoms with van der Waals surface area (Å²) in [6.07, 6.45) is 0.631. The third kappa shape index (κ3) is 4.66. The van der Waals surface area contributed by atoms with Crippen LogP contribution in [0.3, 0.4) is 0 Å². The predicted molar refractivity (Wildman–Crippen MR) is 121 cm³/mol. The van der Waals surface area contributed by atoms with Crippen LogP contribution in [0.15, 0.2) is 57.9 Å². The number of sulfonamides is 1. The Morgan fingerprint density at radius 3 is 2.53 bits per heavy atom. The van der Waals surface area contributed by atoms with Crippen LogP contribution in [0.2, 0.25) is 0 Å². The largest absolute Gasteiger partial charge is 0.497 e. The molecule has 0 unspecified atom stereocenters. The lowest BCUT2D eigenvalue weighted by atomic mass is 10.1. The molecule has 0 bridgehead atoms. The van der Waals surface area contributed by atoms with E-state index in [-0.39, 0.29) is 0 Å². The molecule has 1 aliphatic heterocycles. The molecule has 0 amide bonds. The zero-order valence-corrected chi connectivity index (χ0v) is 19.6. The Bertz CT molecular complexity index is 1110. The molecule has 1 saturated heterocycles. The Labute approximate surface area is 188 Å². The molecule has 10 heteroatoms. The highest BCUT2D eigenvalue weighted by Crippen LogP contribution is 2.24. The Kier molecular flexibility index (Phi) is 6.37. The number of hydrogen-bond acceptors (Lipinski definition) is 7. The molecule has 0 radical (unpaired) electrons. The summed E-state index contributed by atoms with van der Waals surface area (Å²) < 4.78 is 37.8. The van der Waals surface area contributed by atoms with E-state index in [2.05, 4.69) is 30.2 Å². The fraction of sp³-hybridized carbons (Fsp3) is 0.300. The van der Waals surface area contributed by atoms with E-state index in [1.165, 1.54) is 15.8 Å². The van der Waals surface area contributed by atoms with Gasteiger partial charge in [-0.3, -0.25) is 0 Å². The summed E-state index contributed by atoms with van der Waals surface area (Å²) in [5.74, 6) is 1.57. The fourth-order valence-electron chi connectivity index (χ4n) is 3.29. The number of piperazine rings is 1. The highest BCUT2D eigenvalue weighted by molar-refractivity contribution is 9.10. The average molecular weight is 509 g/mol. The lowest BCUT2D eigenvalue weighted by Gasteiger charge is -2.33. The summed E-state index contributed by atoms with van der Waals surface area (Å²) in [7, 11) is -1.84. The summed E-state index contributed by atoms with van der Waals surface area (Å²) in [6.45, 7) is 2.01. The third-order valence-corrected chi connectivity index (χ3v) is 8.17. The van der Waals surface area contributed by atoms with Crippen molar-refractivity contribution in [3.05, 3.63) is 64.4 Å². The van der Waals surface area contributed by atoms with E-state index in [1.807, 2.05) is 24.3 Å². The molecule has 2 heterocycles. The molecular weight excluding hydrogens is 488 g/mol. The monoisotopic (exact) mass is 508 g/mol. The van der Waals surface area contributed by atoms with Gasteiger partial charge in [0.05, 0.1) is 12.0 Å². The second kappa shape index (κ2) is 9.01. The molecule has 7 nitrogen and oxygen atoms in total. The molecule has 1 aliphatic rings. The fourth-order valence-corrected chi connectivity index (χ4v) is 5.71. The molecule has 3 aromatic rings. The van der Waals surface area contributed by atoms with E-state index in [1.54, 1.807) is 31.4 Å². The van der Waals surface area contributed by atoms with E-state index < -0.39 is 10.0 Å². The maximum Gasteiger partial charge on any atom is 0.243 e. The van der Waals surface area contributed by atoms with Gasteiger partial charge in [-0.2, -0.15) is 8.68 Å². The van der Waals surface area contributed by atoms with Gasteiger partial charge < -0.3 is 9.64 Å². The van der Waals surface area contributed by atoms with E-state index >= 15 is 0 Å². The molecule has 0 N–H and O–H groups in total. The van der Waals surface area contributed by atoms with Crippen molar-refractivity contribution < 1.29 is 13.2 Å². The number of anilines is 1. The van der Waals surface area contributed by atoms with Crippen molar-refractivity contribution in [2.45, 2.75) is 11.3 Å². The van der Waals surface area contributed by atoms with Gasteiger partial charge >= 0.3 is 0 Å². The first-order valence-electron chi connectivity index (χ1n) is 9.42. The molecular formula is C20H21BrN4O3S2. The van der Waals surface area contributed by atoms with E-state index in [4.69, 9.17) is 4.74 Å². The van der Waals surface area contributed by atoms with Gasteiger partial charge in [0.1, 0.15) is 11.6 Å². The van der Waals surface area contributed by atoms with Gasteiger partial charge in [-0.05, 0) is 42.0 Å². The van der Waals surface area contributed by atoms with Crippen LogP contribution in [0.1, 0.15) is 11.4 Å². The molecule has 0 aliphatic carbocycles. The lowest BCUT2D eigenvalue weighted by molar-refractivity contribution is 0.384. The first-order chi connectivity index (χ1) is 14.5. The van der Waals surface area contributed by atoms with Crippen LogP contribution in [0.25, 0.3) is 0 Å². The zero-order chi connectivity index (χ0) is 21.1. The molecule has 0 atom stereocenters. The van der Waals surface area contributed by atoms with Crippen molar-refractivity contribution in [2.24, 2.45) is 0 Å². The lowest BCUT2D eigenvalue weighted by Crippen LogP contribution is -2.48. The quantitative estimate of drug-likeness (QED) is 0.507. The average Bonchev–Trinajstić information content (AvgIpc) is 3.23. The van der Waals surface area contributed by atoms with Gasteiger partial charge in [0.2, 0.25) is 15.2 Å². The van der Waals surface area contributed by atoms with Crippen LogP contribution >= 0.6 is 27.5 Å². The Hall–Kier alpha value is -2.01. The van der Waals surface area contributed by atoms with Gasteiger partial charge in [-0.15, -0.1) is 0 Å². The number of methoxy groups -OCH3 is 1. The number of ether oxygens (including phenoxy) is 1. The molecule has 4 rings (SSSR count). The van der Waals surface area contributed by atoms with Crippen molar-refractivity contribution in [3.63, 3.8) is 0 Å². The minimum atomic E-state index is -3.49. The molecule has 158 valence electrons. The highest BCUT2D eigenvalue weighted by atomic mass is 79.9. The van der Waals surface area contributed by atoms with E-state index in [0.717, 1.165) is 26.7 Å². The molecule has 1 fully saturated rings. The van der Waals surface area contributed by atoms with Crippen molar-refractivity contribution >= 4 is 42.6 Å². The molecule has 0 spiro atoms. The van der Waals surface area contributed by atoms with E-state index in [0.29, 0.717) is 37.5 Å². The van der Waals surface area contributed by atoms with Crippen LogP contribution in [-0.2, 0) is 16.4 Å². The first-order valence-corrected chi connectivity index (χ1v) is 12.4. The van der Waals surface area contributed by atoms with Crippen molar-refractivity contribution in [1.82, 2.24) is 13.7 Å². The van der Waals surface area contributed by atoms with Crippen LogP contribution in [-0.4, -0.2) is 55.4 Å². The number of hydrogen-bond donors (Lipinski definition) is 0. The topological polar surface area (TPSA) is 75.6 Å². The van der Waals surface area contributed by atoms with Gasteiger partial charge in [-0.25, -0.2) is 13.4 Å². The Balaban J connectivity index is 1.39. The summed E-state index contributed by atoms with van der Waals surface area (Å²) in [5.41, 5.74) is 1.09. The normalized spacial score (nSPS) is 15.3. The zero-order valence-electron chi connectivity index (χ0n) is 16.4. The van der Waals surface area contributed by atoms with Crippen molar-refractivity contribution in [1.29, 1.82) is 0 Å². The van der Waals surface area contributed by atoms with Crippen LogP contribution < -0.4 is 9.64 Å². The van der Waals surface area contributed by atoms with Crippen molar-refractivity contribution in [3.8, 4) is 5.75 Å². The number of benzene rings is 2. The summed E-state index contributed by atoms with van der Waals surface area (Å²) >= 11 is 4.69. The van der Waals surface area contributed by atoms with E-state index in [9.17, 15) is 8.42 Å². The SMILES string of the molecule is COc1cccc(Cc2nsc(N3CCN(S(=O)(=O)c4ccc(Br)cc4)CC3)n2)c1. The maximum atomic E-state index is 12.9. The first kappa shape index (κ1) is 21.2. The molecule has 1 aromatic heterocycles. The second-order valence-corrected chi connectivity index (χ2v) is 10.5.